The van der Waals surface area contributed by atoms with Crippen LogP contribution in [0.4, 0.5) is 5.69 Å². The van der Waals surface area contributed by atoms with Gasteiger partial charge in [0.25, 0.3) is 0 Å². The maximum atomic E-state index is 12.6. The first kappa shape index (κ1) is 21.4. The van der Waals surface area contributed by atoms with Gasteiger partial charge in [0.1, 0.15) is 0 Å². The quantitative estimate of drug-likeness (QED) is 0.628. The SMILES string of the molecule is CC(OCCCNC(=O)CCC(=O)N1CCSc2ccccc21)c1ccccc1. The minimum Gasteiger partial charge on any atom is -0.374 e. The number of hydrogen-bond acceptors (Lipinski definition) is 4. The fourth-order valence-corrected chi connectivity index (χ4v) is 4.25. The van der Waals surface area contributed by atoms with Crippen LogP contribution < -0.4 is 10.2 Å². The fraction of sp³-hybridized carbons (Fsp3) is 0.391. The van der Waals surface area contributed by atoms with Crippen LogP contribution >= 0.6 is 11.8 Å². The molecule has 0 saturated heterocycles. The number of para-hydroxylation sites is 1. The Morgan fingerprint density at radius 3 is 2.69 bits per heavy atom. The summed E-state index contributed by atoms with van der Waals surface area (Å²) in [6.07, 6.45) is 1.22. The Kier molecular flexibility index (Phi) is 8.14. The van der Waals surface area contributed by atoms with Gasteiger partial charge in [0.05, 0.1) is 11.8 Å². The third kappa shape index (κ3) is 6.34. The number of carbonyl (C=O) groups is 2. The minimum absolute atomic E-state index is 0.00733. The summed E-state index contributed by atoms with van der Waals surface area (Å²) in [5, 5.41) is 2.88. The van der Waals surface area contributed by atoms with Crippen LogP contribution in [0.5, 0.6) is 0 Å². The van der Waals surface area contributed by atoms with E-state index in [0.29, 0.717) is 19.7 Å². The van der Waals surface area contributed by atoms with Crippen molar-refractivity contribution in [2.45, 2.75) is 37.2 Å². The second-order valence-corrected chi connectivity index (χ2v) is 8.13. The molecule has 0 saturated carbocycles. The summed E-state index contributed by atoms with van der Waals surface area (Å²) in [5.74, 6) is 0.804. The number of nitrogens with one attached hydrogen (secondary N) is 1. The van der Waals surface area contributed by atoms with E-state index in [-0.39, 0.29) is 30.8 Å². The van der Waals surface area contributed by atoms with Gasteiger partial charge in [-0.3, -0.25) is 9.59 Å². The van der Waals surface area contributed by atoms with Crippen molar-refractivity contribution in [2.24, 2.45) is 0 Å². The number of anilines is 1. The van der Waals surface area contributed by atoms with E-state index >= 15 is 0 Å². The largest absolute Gasteiger partial charge is 0.374 e. The molecule has 0 bridgehead atoms. The van der Waals surface area contributed by atoms with Crippen molar-refractivity contribution >= 4 is 29.3 Å². The van der Waals surface area contributed by atoms with Crippen LogP contribution in [-0.2, 0) is 14.3 Å². The molecule has 3 rings (SSSR count). The molecular formula is C23H28N2O3S. The first-order valence-electron chi connectivity index (χ1n) is 10.1. The monoisotopic (exact) mass is 412 g/mol. The van der Waals surface area contributed by atoms with E-state index in [0.717, 1.165) is 28.3 Å². The van der Waals surface area contributed by atoms with Gasteiger partial charge in [-0.25, -0.2) is 0 Å². The molecule has 0 aromatic heterocycles. The maximum absolute atomic E-state index is 12.6. The highest BCUT2D eigenvalue weighted by Crippen LogP contribution is 2.34. The van der Waals surface area contributed by atoms with Gasteiger partial charge in [-0.05, 0) is 31.0 Å². The van der Waals surface area contributed by atoms with Gasteiger partial charge in [0.15, 0.2) is 0 Å². The van der Waals surface area contributed by atoms with Gasteiger partial charge in [-0.2, -0.15) is 0 Å². The number of fused-ring (bicyclic) bond motifs is 1. The Bertz CT molecular complexity index is 813. The summed E-state index contributed by atoms with van der Waals surface area (Å²) in [7, 11) is 0. The maximum Gasteiger partial charge on any atom is 0.227 e. The summed E-state index contributed by atoms with van der Waals surface area (Å²) in [4.78, 5) is 27.6. The molecule has 0 spiro atoms. The van der Waals surface area contributed by atoms with Crippen molar-refractivity contribution in [1.29, 1.82) is 0 Å². The average molecular weight is 413 g/mol. The van der Waals surface area contributed by atoms with E-state index < -0.39 is 0 Å². The molecule has 2 aromatic rings. The zero-order chi connectivity index (χ0) is 20.5. The molecule has 1 unspecified atom stereocenters. The molecule has 2 amide bonds. The van der Waals surface area contributed by atoms with E-state index in [1.54, 1.807) is 16.7 Å². The summed E-state index contributed by atoms with van der Waals surface area (Å²) < 4.78 is 5.81. The molecule has 1 atom stereocenters. The van der Waals surface area contributed by atoms with Crippen molar-refractivity contribution in [3.05, 3.63) is 60.2 Å². The molecule has 29 heavy (non-hydrogen) atoms. The van der Waals surface area contributed by atoms with Gasteiger partial charge in [0.2, 0.25) is 11.8 Å². The van der Waals surface area contributed by atoms with Crippen LogP contribution in [0.2, 0.25) is 0 Å². The number of benzene rings is 2. The molecule has 0 radical (unpaired) electrons. The number of carbonyl (C=O) groups excluding carboxylic acids is 2. The van der Waals surface area contributed by atoms with E-state index in [1.165, 1.54) is 0 Å². The molecular weight excluding hydrogens is 384 g/mol. The topological polar surface area (TPSA) is 58.6 Å². The van der Waals surface area contributed by atoms with Gasteiger partial charge in [0, 0.05) is 43.2 Å². The molecule has 5 nitrogen and oxygen atoms in total. The summed E-state index contributed by atoms with van der Waals surface area (Å²) in [5.41, 5.74) is 2.10. The van der Waals surface area contributed by atoms with Crippen molar-refractivity contribution in [2.75, 3.05) is 30.3 Å². The number of amides is 2. The molecule has 1 aliphatic rings. The number of ether oxygens (including phenoxy) is 1. The zero-order valence-corrected chi connectivity index (χ0v) is 17.6. The average Bonchev–Trinajstić information content (AvgIpc) is 2.77. The second-order valence-electron chi connectivity index (χ2n) is 6.99. The van der Waals surface area contributed by atoms with Gasteiger partial charge >= 0.3 is 0 Å². The lowest BCUT2D eigenvalue weighted by atomic mass is 10.1. The molecule has 2 aromatic carbocycles. The highest BCUT2D eigenvalue weighted by atomic mass is 32.2. The number of nitrogens with zero attached hydrogens (tertiary/aromatic N) is 1. The molecule has 6 heteroatoms. The number of thioether (sulfide) groups is 1. The number of hydrogen-bond donors (Lipinski definition) is 1. The minimum atomic E-state index is -0.0888. The van der Waals surface area contributed by atoms with Crippen LogP contribution in [0.15, 0.2) is 59.5 Å². The molecule has 1 N–H and O–H groups in total. The highest BCUT2D eigenvalue weighted by Gasteiger charge is 2.22. The van der Waals surface area contributed by atoms with Crippen LogP contribution in [0.1, 0.15) is 37.9 Å². The highest BCUT2D eigenvalue weighted by molar-refractivity contribution is 7.99. The molecule has 154 valence electrons. The summed E-state index contributed by atoms with van der Waals surface area (Å²) in [6, 6.07) is 18.0. The fourth-order valence-electron chi connectivity index (χ4n) is 3.25. The second kappa shape index (κ2) is 11.0. The van der Waals surface area contributed by atoms with Crippen molar-refractivity contribution < 1.29 is 14.3 Å². The zero-order valence-electron chi connectivity index (χ0n) is 16.8. The number of rotatable bonds is 9. The van der Waals surface area contributed by atoms with E-state index in [9.17, 15) is 9.59 Å². The van der Waals surface area contributed by atoms with E-state index in [2.05, 4.69) is 5.32 Å². The Hall–Kier alpha value is -2.31. The van der Waals surface area contributed by atoms with Crippen molar-refractivity contribution in [3.8, 4) is 0 Å². The summed E-state index contributed by atoms with van der Waals surface area (Å²) >= 11 is 1.77. The van der Waals surface area contributed by atoms with Gasteiger partial charge < -0.3 is 15.0 Å². The smallest absolute Gasteiger partial charge is 0.227 e. The Balaban J connectivity index is 1.32. The Morgan fingerprint density at radius 2 is 1.86 bits per heavy atom. The standard InChI is InChI=1S/C23H28N2O3S/c1-18(19-8-3-2-4-9-19)28-16-7-14-24-22(26)12-13-23(27)25-15-17-29-21-11-6-5-10-20(21)25/h2-6,8-11,18H,7,12-17H2,1H3,(H,24,26). The van der Waals surface area contributed by atoms with Crippen molar-refractivity contribution in [1.82, 2.24) is 5.32 Å². The normalized spacial score (nSPS) is 14.2. The predicted molar refractivity (Wildman–Crippen MR) is 117 cm³/mol. The lowest BCUT2D eigenvalue weighted by Crippen LogP contribution is -2.36. The van der Waals surface area contributed by atoms with Gasteiger partial charge in [-0.15, -0.1) is 11.8 Å². The van der Waals surface area contributed by atoms with Crippen molar-refractivity contribution in [3.63, 3.8) is 0 Å². The van der Waals surface area contributed by atoms with E-state index in [1.807, 2.05) is 61.5 Å². The van der Waals surface area contributed by atoms with Crippen LogP contribution in [-0.4, -0.2) is 37.3 Å². The summed E-state index contributed by atoms with van der Waals surface area (Å²) in [6.45, 7) is 3.85. The van der Waals surface area contributed by atoms with Crippen LogP contribution in [0, 0.1) is 0 Å². The first-order valence-corrected chi connectivity index (χ1v) is 11.1. The Labute approximate surface area is 176 Å². The third-order valence-corrected chi connectivity index (χ3v) is 5.92. The third-order valence-electron chi connectivity index (χ3n) is 4.88. The molecule has 1 heterocycles. The molecule has 0 aliphatic carbocycles. The molecule has 0 fully saturated rings. The lowest BCUT2D eigenvalue weighted by Gasteiger charge is -2.29. The lowest BCUT2D eigenvalue weighted by molar-refractivity contribution is -0.125. The molecule has 1 aliphatic heterocycles. The van der Waals surface area contributed by atoms with E-state index in [4.69, 9.17) is 4.74 Å². The Morgan fingerprint density at radius 1 is 1.10 bits per heavy atom. The van der Waals surface area contributed by atoms with Crippen LogP contribution in [0.25, 0.3) is 0 Å². The first-order chi connectivity index (χ1) is 14.1. The van der Waals surface area contributed by atoms with Gasteiger partial charge in [-0.1, -0.05) is 42.5 Å². The predicted octanol–water partition coefficient (Wildman–Crippen LogP) is 4.19. The van der Waals surface area contributed by atoms with Crippen LogP contribution in [0.3, 0.4) is 0 Å².